The molecular weight excluding hydrogens is 277 g/mol. The monoisotopic (exact) mass is 281 g/mol. The lowest BCUT2D eigenvalue weighted by Gasteiger charge is -2.12. The number of alkyl halides is 5. The summed E-state index contributed by atoms with van der Waals surface area (Å²) in [6, 6.07) is 1.84. The molecule has 0 radical (unpaired) electrons. The Kier molecular flexibility index (Phi) is 3.98. The summed E-state index contributed by atoms with van der Waals surface area (Å²) in [4.78, 5) is 12.1. The number of hydrogen-bond donors (Lipinski definition) is 0. The third-order valence-corrected chi connectivity index (χ3v) is 2.03. The van der Waals surface area contributed by atoms with Crippen molar-refractivity contribution in [1.82, 2.24) is 4.98 Å². The number of pyridine rings is 1. The van der Waals surface area contributed by atoms with Crippen LogP contribution in [0.1, 0.15) is 23.4 Å². The maximum atomic E-state index is 12.6. The molecule has 1 aromatic heterocycles. The van der Waals surface area contributed by atoms with E-state index < -0.39 is 46.6 Å². The van der Waals surface area contributed by atoms with Crippen molar-refractivity contribution in [2.75, 3.05) is 0 Å². The molecule has 0 bridgehead atoms. The van der Waals surface area contributed by atoms with Crippen LogP contribution in [0.3, 0.4) is 0 Å². The number of rotatable bonds is 3. The molecule has 1 rings (SSSR count). The average molecular weight is 281 g/mol. The lowest BCUT2D eigenvalue weighted by Crippen LogP contribution is -2.15. The highest BCUT2D eigenvalue weighted by Gasteiger charge is 2.44. The largest absolute Gasteiger partial charge is 0.425 e. The molecule has 0 aliphatic carbocycles. The van der Waals surface area contributed by atoms with Gasteiger partial charge in [-0.25, -0.2) is 13.8 Å². The van der Waals surface area contributed by atoms with Gasteiger partial charge >= 0.3 is 6.18 Å². The van der Waals surface area contributed by atoms with E-state index in [9.17, 15) is 32.1 Å². The van der Waals surface area contributed by atoms with E-state index in [-0.39, 0.29) is 0 Å². The Labute approximate surface area is 102 Å². The Morgan fingerprint density at radius 2 is 2.05 bits per heavy atom. The van der Waals surface area contributed by atoms with Gasteiger partial charge in [-0.1, -0.05) is 0 Å². The molecule has 0 amide bonds. The number of aromatic nitrogens is 1. The second-order valence-corrected chi connectivity index (χ2v) is 3.28. The van der Waals surface area contributed by atoms with Gasteiger partial charge in [-0.3, -0.25) is 10.1 Å². The second-order valence-electron chi connectivity index (χ2n) is 3.28. The van der Waals surface area contributed by atoms with E-state index >= 15 is 0 Å². The molecule has 0 saturated heterocycles. The Balaban J connectivity index is 3.67. The topological polar surface area (TPSA) is 79.8 Å². The zero-order valence-corrected chi connectivity index (χ0v) is 8.91. The predicted octanol–water partition coefficient (Wildman–Crippen LogP) is 3.01. The van der Waals surface area contributed by atoms with E-state index in [0.29, 0.717) is 6.07 Å². The van der Waals surface area contributed by atoms with Crippen LogP contribution in [0.4, 0.5) is 27.6 Å². The third kappa shape index (κ3) is 3.12. The van der Waals surface area contributed by atoms with Crippen LogP contribution >= 0.6 is 0 Å². The van der Waals surface area contributed by atoms with Gasteiger partial charge in [-0.05, 0) is 0 Å². The minimum atomic E-state index is -5.34. The van der Waals surface area contributed by atoms with Crippen molar-refractivity contribution in [3.05, 3.63) is 33.1 Å². The predicted molar refractivity (Wildman–Crippen MR) is 50.2 cm³/mol. The molecule has 0 spiro atoms. The minimum Gasteiger partial charge on any atom is -0.258 e. The summed E-state index contributed by atoms with van der Waals surface area (Å²) in [7, 11) is 0. The molecule has 0 unspecified atom stereocenters. The second kappa shape index (κ2) is 5.13. The summed E-state index contributed by atoms with van der Waals surface area (Å²) >= 11 is 0. The van der Waals surface area contributed by atoms with Gasteiger partial charge in [0.1, 0.15) is 5.69 Å². The van der Waals surface area contributed by atoms with E-state index in [0.717, 1.165) is 0 Å². The maximum Gasteiger partial charge on any atom is 0.425 e. The van der Waals surface area contributed by atoms with Crippen LogP contribution in [0.2, 0.25) is 0 Å². The van der Waals surface area contributed by atoms with Gasteiger partial charge in [0.2, 0.25) is 0 Å². The fourth-order valence-corrected chi connectivity index (χ4v) is 1.37. The molecule has 0 fully saturated rings. The van der Waals surface area contributed by atoms with Crippen molar-refractivity contribution in [2.45, 2.75) is 19.0 Å². The molecular formula is C9H4F5N3O2. The third-order valence-electron chi connectivity index (χ3n) is 2.03. The van der Waals surface area contributed by atoms with Crippen LogP contribution in [-0.2, 0) is 12.6 Å². The lowest BCUT2D eigenvalue weighted by atomic mass is 10.1. The minimum absolute atomic E-state index is 0.373. The summed E-state index contributed by atoms with van der Waals surface area (Å²) in [5.41, 5.74) is -5.89. The molecule has 0 aliphatic heterocycles. The molecule has 0 saturated carbocycles. The molecule has 0 aromatic carbocycles. The van der Waals surface area contributed by atoms with Crippen LogP contribution in [0, 0.1) is 21.4 Å². The summed E-state index contributed by atoms with van der Waals surface area (Å²) < 4.78 is 62.9. The Morgan fingerprint density at radius 3 is 2.42 bits per heavy atom. The van der Waals surface area contributed by atoms with Crippen LogP contribution in [0.25, 0.3) is 0 Å². The molecule has 1 aromatic rings. The van der Waals surface area contributed by atoms with Crippen molar-refractivity contribution in [2.24, 2.45) is 0 Å². The normalized spacial score (nSPS) is 11.4. The van der Waals surface area contributed by atoms with Crippen molar-refractivity contribution in [3.8, 4) is 6.07 Å². The maximum absolute atomic E-state index is 12.6. The molecule has 0 N–H and O–H groups in total. The van der Waals surface area contributed by atoms with Gasteiger partial charge in [0.25, 0.3) is 12.1 Å². The standard InChI is InChI=1S/C9H4F5N3O2/c10-8(11)7-6(9(12,13)14)5(17(18)19)3-4(16-7)1-2-15/h3,8H,1H2. The van der Waals surface area contributed by atoms with Gasteiger partial charge in [-0.15, -0.1) is 0 Å². The van der Waals surface area contributed by atoms with Crippen molar-refractivity contribution < 1.29 is 26.9 Å². The first-order valence-electron chi connectivity index (χ1n) is 4.59. The van der Waals surface area contributed by atoms with E-state index in [1.807, 2.05) is 0 Å². The van der Waals surface area contributed by atoms with Gasteiger partial charge in [-0.2, -0.15) is 18.4 Å². The molecule has 5 nitrogen and oxygen atoms in total. The summed E-state index contributed by atoms with van der Waals surface area (Å²) in [6.45, 7) is 0. The Morgan fingerprint density at radius 1 is 1.47 bits per heavy atom. The molecule has 102 valence electrons. The number of nitrogens with zero attached hydrogens (tertiary/aromatic N) is 3. The van der Waals surface area contributed by atoms with Gasteiger partial charge in [0.05, 0.1) is 23.1 Å². The molecule has 10 heteroatoms. The van der Waals surface area contributed by atoms with E-state index in [4.69, 9.17) is 5.26 Å². The molecule has 19 heavy (non-hydrogen) atoms. The van der Waals surface area contributed by atoms with Crippen LogP contribution in [0.15, 0.2) is 6.07 Å². The first-order valence-corrected chi connectivity index (χ1v) is 4.59. The summed E-state index contributed by atoms with van der Waals surface area (Å²) in [5, 5.41) is 18.9. The smallest absolute Gasteiger partial charge is 0.258 e. The first-order chi connectivity index (χ1) is 8.68. The fraction of sp³-hybridized carbons (Fsp3) is 0.333. The Hall–Kier alpha value is -2.31. The zero-order chi connectivity index (χ0) is 14.8. The van der Waals surface area contributed by atoms with Crippen LogP contribution < -0.4 is 0 Å². The van der Waals surface area contributed by atoms with Crippen LogP contribution in [0.5, 0.6) is 0 Å². The zero-order valence-electron chi connectivity index (χ0n) is 8.91. The Bertz CT molecular complexity index is 550. The van der Waals surface area contributed by atoms with Gasteiger partial charge < -0.3 is 0 Å². The van der Waals surface area contributed by atoms with Gasteiger partial charge in [0.15, 0.2) is 5.56 Å². The van der Waals surface area contributed by atoms with Crippen molar-refractivity contribution in [3.63, 3.8) is 0 Å². The van der Waals surface area contributed by atoms with E-state index in [1.165, 1.54) is 6.07 Å². The quantitative estimate of drug-likeness (QED) is 0.484. The average Bonchev–Trinajstić information content (AvgIpc) is 2.26. The van der Waals surface area contributed by atoms with Crippen molar-refractivity contribution in [1.29, 1.82) is 5.26 Å². The molecule has 0 atom stereocenters. The number of nitro groups is 1. The van der Waals surface area contributed by atoms with Crippen molar-refractivity contribution >= 4 is 5.69 Å². The SMILES string of the molecule is N#CCc1cc([N+](=O)[O-])c(C(F)(F)F)c(C(F)F)n1. The summed E-state index contributed by atoms with van der Waals surface area (Å²) in [5.74, 6) is 0. The number of nitriles is 1. The first kappa shape index (κ1) is 14.7. The highest BCUT2D eigenvalue weighted by molar-refractivity contribution is 5.47. The highest BCUT2D eigenvalue weighted by Crippen LogP contribution is 2.41. The van der Waals surface area contributed by atoms with E-state index in [1.54, 1.807) is 0 Å². The lowest BCUT2D eigenvalue weighted by molar-refractivity contribution is -0.388. The van der Waals surface area contributed by atoms with Crippen LogP contribution in [-0.4, -0.2) is 9.91 Å². The van der Waals surface area contributed by atoms with Gasteiger partial charge in [0, 0.05) is 6.07 Å². The fourth-order valence-electron chi connectivity index (χ4n) is 1.37. The number of hydrogen-bond acceptors (Lipinski definition) is 4. The summed E-state index contributed by atoms with van der Waals surface area (Å²) in [6.07, 6.45) is -9.60. The molecule has 0 aliphatic rings. The highest BCUT2D eigenvalue weighted by atomic mass is 19.4. The van der Waals surface area contributed by atoms with E-state index in [2.05, 4.69) is 4.98 Å². The number of halogens is 5. The molecule has 1 heterocycles.